The lowest BCUT2D eigenvalue weighted by Gasteiger charge is -2.05. The van der Waals surface area contributed by atoms with Crippen molar-refractivity contribution in [3.63, 3.8) is 0 Å². The second kappa shape index (κ2) is 3.98. The number of imidazole rings is 1. The van der Waals surface area contributed by atoms with Gasteiger partial charge in [-0.05, 0) is 38.4 Å². The molecule has 0 unspecified atom stereocenters. The number of rotatable bonds is 4. The van der Waals surface area contributed by atoms with Crippen LogP contribution in [0.15, 0.2) is 0 Å². The molecule has 1 saturated carbocycles. The minimum absolute atomic E-state index is 0.836. The molecule has 17 heavy (non-hydrogen) atoms. The molecule has 1 aliphatic rings. The van der Waals surface area contributed by atoms with Gasteiger partial charge >= 0.3 is 0 Å². The predicted octanol–water partition coefficient (Wildman–Crippen LogP) is 3.02. The van der Waals surface area contributed by atoms with Crippen LogP contribution >= 0.6 is 12.2 Å². The molecule has 5 heteroatoms. The number of aromatic nitrogens is 4. The Balaban J connectivity index is 2.06. The molecular formula is C12H18N4S. The second-order valence-electron chi connectivity index (χ2n) is 4.91. The zero-order valence-corrected chi connectivity index (χ0v) is 11.2. The molecule has 0 aromatic carbocycles. The summed E-state index contributed by atoms with van der Waals surface area (Å²) in [5.74, 6) is 0.931. The Labute approximate surface area is 106 Å². The van der Waals surface area contributed by atoms with Crippen LogP contribution in [-0.4, -0.2) is 19.3 Å². The molecule has 2 aromatic heterocycles. The summed E-state index contributed by atoms with van der Waals surface area (Å²) >= 11 is 5.41. The standard InChI is InChI=1S/C12H18N4S/c1-3-16-11-10(8(2)14-16)13-12(17)15(11)7-6-9-4-5-9/h9H,3-7H2,1-2H3,(H,13,17). The van der Waals surface area contributed by atoms with Crippen LogP contribution < -0.4 is 0 Å². The van der Waals surface area contributed by atoms with E-state index in [0.29, 0.717) is 0 Å². The fraction of sp³-hybridized carbons (Fsp3) is 0.667. The molecule has 4 nitrogen and oxygen atoms in total. The number of nitrogens with zero attached hydrogens (tertiary/aromatic N) is 3. The van der Waals surface area contributed by atoms with Crippen LogP contribution in [0.3, 0.4) is 0 Å². The largest absolute Gasteiger partial charge is 0.328 e. The van der Waals surface area contributed by atoms with Crippen LogP contribution in [0, 0.1) is 17.6 Å². The van der Waals surface area contributed by atoms with Crippen molar-refractivity contribution in [3.8, 4) is 0 Å². The summed E-state index contributed by atoms with van der Waals surface area (Å²) in [4.78, 5) is 3.29. The van der Waals surface area contributed by atoms with Gasteiger partial charge in [0, 0.05) is 13.1 Å². The lowest BCUT2D eigenvalue weighted by atomic mass is 10.3. The predicted molar refractivity (Wildman–Crippen MR) is 70.7 cm³/mol. The van der Waals surface area contributed by atoms with Gasteiger partial charge in [-0.25, -0.2) is 4.68 Å². The summed E-state index contributed by atoms with van der Waals surface area (Å²) in [6.45, 7) is 6.06. The molecule has 0 spiro atoms. The molecule has 0 amide bonds. The maximum Gasteiger partial charge on any atom is 0.179 e. The van der Waals surface area contributed by atoms with Gasteiger partial charge in [-0.1, -0.05) is 12.8 Å². The average molecular weight is 250 g/mol. The summed E-state index contributed by atoms with van der Waals surface area (Å²) in [5, 5.41) is 4.53. The third kappa shape index (κ3) is 1.82. The zero-order chi connectivity index (χ0) is 12.0. The average Bonchev–Trinajstić information content (AvgIpc) is 3.01. The van der Waals surface area contributed by atoms with E-state index in [2.05, 4.69) is 21.6 Å². The molecule has 0 saturated heterocycles. The van der Waals surface area contributed by atoms with Crippen molar-refractivity contribution in [1.82, 2.24) is 19.3 Å². The van der Waals surface area contributed by atoms with Crippen molar-refractivity contribution in [1.29, 1.82) is 0 Å². The maximum atomic E-state index is 5.41. The number of nitrogens with one attached hydrogen (secondary N) is 1. The Hall–Kier alpha value is -1.10. The van der Waals surface area contributed by atoms with Crippen molar-refractivity contribution in [2.24, 2.45) is 5.92 Å². The molecular weight excluding hydrogens is 232 g/mol. The number of hydrogen-bond acceptors (Lipinski definition) is 2. The third-order valence-electron chi connectivity index (χ3n) is 3.59. The summed E-state index contributed by atoms with van der Waals surface area (Å²) in [5.41, 5.74) is 3.31. The van der Waals surface area contributed by atoms with Gasteiger partial charge in [-0.15, -0.1) is 0 Å². The normalized spacial score (nSPS) is 15.9. The monoisotopic (exact) mass is 250 g/mol. The van der Waals surface area contributed by atoms with E-state index in [4.69, 9.17) is 12.2 Å². The Morgan fingerprint density at radius 1 is 1.47 bits per heavy atom. The van der Waals surface area contributed by atoms with E-state index in [1.165, 1.54) is 19.3 Å². The van der Waals surface area contributed by atoms with Gasteiger partial charge in [0.25, 0.3) is 0 Å². The van der Waals surface area contributed by atoms with Crippen molar-refractivity contribution in [2.75, 3.05) is 0 Å². The summed E-state index contributed by atoms with van der Waals surface area (Å²) in [6.07, 6.45) is 4.04. The minimum atomic E-state index is 0.836. The molecule has 0 aliphatic heterocycles. The quantitative estimate of drug-likeness (QED) is 0.847. The van der Waals surface area contributed by atoms with E-state index in [-0.39, 0.29) is 0 Å². The minimum Gasteiger partial charge on any atom is -0.328 e. The number of aromatic amines is 1. The third-order valence-corrected chi connectivity index (χ3v) is 3.91. The topological polar surface area (TPSA) is 38.5 Å². The highest BCUT2D eigenvalue weighted by molar-refractivity contribution is 7.71. The molecule has 0 radical (unpaired) electrons. The molecule has 1 N–H and O–H groups in total. The molecule has 2 heterocycles. The Morgan fingerprint density at radius 2 is 2.24 bits per heavy atom. The van der Waals surface area contributed by atoms with E-state index in [1.54, 1.807) is 0 Å². The van der Waals surface area contributed by atoms with Gasteiger partial charge in [0.1, 0.15) is 5.52 Å². The van der Waals surface area contributed by atoms with Crippen LogP contribution in [0.25, 0.3) is 11.2 Å². The van der Waals surface area contributed by atoms with E-state index < -0.39 is 0 Å². The van der Waals surface area contributed by atoms with Gasteiger partial charge in [0.15, 0.2) is 10.4 Å². The van der Waals surface area contributed by atoms with E-state index >= 15 is 0 Å². The smallest absolute Gasteiger partial charge is 0.179 e. The van der Waals surface area contributed by atoms with Crippen molar-refractivity contribution < 1.29 is 0 Å². The summed E-state index contributed by atoms with van der Waals surface area (Å²) in [6, 6.07) is 0. The molecule has 92 valence electrons. The molecule has 1 aliphatic carbocycles. The number of H-pyrrole nitrogens is 1. The Bertz CT molecular complexity index is 600. The first kappa shape index (κ1) is 11.0. The fourth-order valence-electron chi connectivity index (χ4n) is 2.41. The molecule has 0 bridgehead atoms. The van der Waals surface area contributed by atoms with Gasteiger partial charge in [0.2, 0.25) is 0 Å². The first-order chi connectivity index (χ1) is 8.20. The molecule has 3 rings (SSSR count). The van der Waals surface area contributed by atoms with Crippen LogP contribution in [0.4, 0.5) is 0 Å². The van der Waals surface area contributed by atoms with Crippen molar-refractivity contribution in [3.05, 3.63) is 10.5 Å². The van der Waals surface area contributed by atoms with Gasteiger partial charge in [-0.2, -0.15) is 5.10 Å². The Kier molecular flexibility index (Phi) is 2.58. The zero-order valence-electron chi connectivity index (χ0n) is 10.4. The first-order valence-electron chi connectivity index (χ1n) is 6.36. The molecule has 1 fully saturated rings. The van der Waals surface area contributed by atoms with Gasteiger partial charge in [-0.3, -0.25) is 0 Å². The number of hydrogen-bond donors (Lipinski definition) is 1. The van der Waals surface area contributed by atoms with E-state index in [0.717, 1.165) is 40.6 Å². The highest BCUT2D eigenvalue weighted by atomic mass is 32.1. The van der Waals surface area contributed by atoms with Crippen molar-refractivity contribution in [2.45, 2.75) is 46.2 Å². The Morgan fingerprint density at radius 3 is 2.88 bits per heavy atom. The van der Waals surface area contributed by atoms with Crippen LogP contribution in [0.5, 0.6) is 0 Å². The number of fused-ring (bicyclic) bond motifs is 1. The van der Waals surface area contributed by atoms with Gasteiger partial charge < -0.3 is 9.55 Å². The van der Waals surface area contributed by atoms with Crippen LogP contribution in [0.2, 0.25) is 0 Å². The molecule has 2 aromatic rings. The number of aryl methyl sites for hydroxylation is 3. The fourth-order valence-corrected chi connectivity index (χ4v) is 2.69. The van der Waals surface area contributed by atoms with E-state index in [1.807, 2.05) is 11.6 Å². The van der Waals surface area contributed by atoms with Crippen LogP contribution in [0.1, 0.15) is 31.9 Å². The highest BCUT2D eigenvalue weighted by Gasteiger charge is 2.22. The molecule has 0 atom stereocenters. The van der Waals surface area contributed by atoms with Gasteiger partial charge in [0.05, 0.1) is 5.69 Å². The maximum absolute atomic E-state index is 5.41. The van der Waals surface area contributed by atoms with E-state index in [9.17, 15) is 0 Å². The lowest BCUT2D eigenvalue weighted by Crippen LogP contribution is -2.05. The SMILES string of the molecule is CCn1nc(C)c2[nH]c(=S)n(CCC3CC3)c21. The second-order valence-corrected chi connectivity index (χ2v) is 5.30. The summed E-state index contributed by atoms with van der Waals surface area (Å²) in [7, 11) is 0. The van der Waals surface area contributed by atoms with Crippen molar-refractivity contribution >= 4 is 23.4 Å². The van der Waals surface area contributed by atoms with Crippen LogP contribution in [-0.2, 0) is 13.1 Å². The first-order valence-corrected chi connectivity index (χ1v) is 6.77. The highest BCUT2D eigenvalue weighted by Crippen LogP contribution is 2.33. The lowest BCUT2D eigenvalue weighted by molar-refractivity contribution is 0.576. The summed E-state index contributed by atoms with van der Waals surface area (Å²) < 4.78 is 5.10.